The molecule has 0 rings (SSSR count). The van der Waals surface area contributed by atoms with Gasteiger partial charge in [0.05, 0.1) is 0 Å². The van der Waals surface area contributed by atoms with Crippen molar-refractivity contribution in [2.24, 2.45) is 5.41 Å². The van der Waals surface area contributed by atoms with Crippen molar-refractivity contribution in [3.05, 3.63) is 0 Å². The van der Waals surface area contributed by atoms with Crippen LogP contribution in [0.2, 0.25) is 0 Å². The highest BCUT2D eigenvalue weighted by molar-refractivity contribution is 4.75. The number of nitrogens with one attached hydrogen (secondary N) is 1. The summed E-state index contributed by atoms with van der Waals surface area (Å²) in [6, 6.07) is 0. The average Bonchev–Trinajstić information content (AvgIpc) is 2.13. The van der Waals surface area contributed by atoms with Crippen LogP contribution in [0.3, 0.4) is 0 Å². The van der Waals surface area contributed by atoms with Crippen LogP contribution in [0.4, 0.5) is 0 Å². The molecule has 0 fully saturated rings. The molecule has 1 atom stereocenters. The van der Waals surface area contributed by atoms with Gasteiger partial charge in [-0.3, -0.25) is 0 Å². The Morgan fingerprint density at radius 2 is 1.79 bits per heavy atom. The minimum Gasteiger partial charge on any atom is -0.381 e. The first-order valence-corrected chi connectivity index (χ1v) is 5.91. The Balaban J connectivity index is 3.71. The van der Waals surface area contributed by atoms with Crippen LogP contribution in [-0.2, 0) is 4.74 Å². The Morgan fingerprint density at radius 1 is 1.07 bits per heavy atom. The first kappa shape index (κ1) is 13.9. The summed E-state index contributed by atoms with van der Waals surface area (Å²) in [4.78, 5) is 0. The van der Waals surface area contributed by atoms with Gasteiger partial charge in [-0.15, -0.1) is 0 Å². The first-order chi connectivity index (χ1) is 6.68. The van der Waals surface area contributed by atoms with Crippen molar-refractivity contribution in [2.75, 3.05) is 26.8 Å². The van der Waals surface area contributed by atoms with E-state index >= 15 is 0 Å². The molecule has 0 aliphatic heterocycles. The Kier molecular flexibility index (Phi) is 8.20. The minimum absolute atomic E-state index is 0.414. The van der Waals surface area contributed by atoms with Crippen LogP contribution in [0.25, 0.3) is 0 Å². The van der Waals surface area contributed by atoms with Crippen molar-refractivity contribution in [1.82, 2.24) is 5.32 Å². The molecule has 0 aromatic heterocycles. The highest BCUT2D eigenvalue weighted by atomic mass is 16.5. The van der Waals surface area contributed by atoms with Gasteiger partial charge in [-0.1, -0.05) is 27.2 Å². The zero-order chi connectivity index (χ0) is 10.9. The Morgan fingerprint density at radius 3 is 2.29 bits per heavy atom. The zero-order valence-electron chi connectivity index (χ0n) is 10.4. The van der Waals surface area contributed by atoms with E-state index < -0.39 is 0 Å². The van der Waals surface area contributed by atoms with Gasteiger partial charge in [0.25, 0.3) is 0 Å². The van der Waals surface area contributed by atoms with E-state index in [4.69, 9.17) is 4.74 Å². The fraction of sp³-hybridized carbons (Fsp3) is 1.00. The summed E-state index contributed by atoms with van der Waals surface area (Å²) in [5, 5.41) is 3.28. The van der Waals surface area contributed by atoms with Gasteiger partial charge < -0.3 is 10.1 Å². The van der Waals surface area contributed by atoms with Gasteiger partial charge >= 0.3 is 0 Å². The van der Waals surface area contributed by atoms with Gasteiger partial charge in [-0.25, -0.2) is 0 Å². The average molecular weight is 201 g/mol. The predicted molar refractivity (Wildman–Crippen MR) is 62.7 cm³/mol. The maximum absolute atomic E-state index is 5.54. The molecule has 0 aliphatic carbocycles. The highest BCUT2D eigenvalue weighted by Gasteiger charge is 2.21. The molecular weight excluding hydrogens is 174 g/mol. The van der Waals surface area contributed by atoms with Crippen molar-refractivity contribution in [2.45, 2.75) is 46.5 Å². The topological polar surface area (TPSA) is 21.3 Å². The van der Waals surface area contributed by atoms with Gasteiger partial charge in [0.2, 0.25) is 0 Å². The fourth-order valence-electron chi connectivity index (χ4n) is 1.90. The van der Waals surface area contributed by atoms with E-state index in [-0.39, 0.29) is 0 Å². The highest BCUT2D eigenvalue weighted by Crippen LogP contribution is 2.26. The van der Waals surface area contributed by atoms with Gasteiger partial charge in [0.1, 0.15) is 0 Å². The van der Waals surface area contributed by atoms with Crippen molar-refractivity contribution in [3.8, 4) is 0 Å². The van der Waals surface area contributed by atoms with E-state index in [9.17, 15) is 0 Å². The van der Waals surface area contributed by atoms with Gasteiger partial charge in [0, 0.05) is 19.8 Å². The van der Waals surface area contributed by atoms with Crippen LogP contribution in [0.1, 0.15) is 46.5 Å². The minimum atomic E-state index is 0.414. The summed E-state index contributed by atoms with van der Waals surface area (Å²) in [7, 11) is 2.03. The molecule has 1 unspecified atom stereocenters. The van der Waals surface area contributed by atoms with E-state index in [0.29, 0.717) is 5.41 Å². The van der Waals surface area contributed by atoms with Crippen LogP contribution in [0, 0.1) is 5.41 Å². The third-order valence-electron chi connectivity index (χ3n) is 2.66. The number of hydrogen-bond donors (Lipinski definition) is 1. The molecule has 0 saturated carbocycles. The van der Waals surface area contributed by atoms with Crippen molar-refractivity contribution < 1.29 is 4.74 Å². The number of rotatable bonds is 9. The molecule has 1 N–H and O–H groups in total. The fourth-order valence-corrected chi connectivity index (χ4v) is 1.90. The van der Waals surface area contributed by atoms with Crippen molar-refractivity contribution >= 4 is 0 Å². The summed E-state index contributed by atoms with van der Waals surface area (Å²) in [5.41, 5.74) is 0.414. The lowest BCUT2D eigenvalue weighted by molar-refractivity contribution is 0.0956. The molecule has 0 amide bonds. The third kappa shape index (κ3) is 6.39. The predicted octanol–water partition coefficient (Wildman–Crippen LogP) is 2.83. The largest absolute Gasteiger partial charge is 0.381 e. The molecule has 0 saturated heterocycles. The lowest BCUT2D eigenvalue weighted by Gasteiger charge is -2.29. The van der Waals surface area contributed by atoms with Crippen LogP contribution in [0.15, 0.2) is 0 Å². The lowest BCUT2D eigenvalue weighted by atomic mass is 9.82. The molecule has 0 heterocycles. The number of ether oxygens (including phenoxy) is 1. The summed E-state index contributed by atoms with van der Waals surface area (Å²) in [5.74, 6) is 0. The van der Waals surface area contributed by atoms with Crippen LogP contribution >= 0.6 is 0 Å². The quantitative estimate of drug-likeness (QED) is 0.579. The van der Waals surface area contributed by atoms with E-state index in [0.717, 1.165) is 26.2 Å². The molecule has 0 aliphatic rings. The summed E-state index contributed by atoms with van der Waals surface area (Å²) in [6.45, 7) is 9.66. The zero-order valence-corrected chi connectivity index (χ0v) is 10.4. The second kappa shape index (κ2) is 8.25. The van der Waals surface area contributed by atoms with E-state index in [1.54, 1.807) is 0 Å². The summed E-state index contributed by atoms with van der Waals surface area (Å²) in [6.07, 6.45) is 4.83. The monoisotopic (exact) mass is 201 g/mol. The Labute approximate surface area is 89.4 Å². The van der Waals surface area contributed by atoms with E-state index in [2.05, 4.69) is 26.1 Å². The molecule has 14 heavy (non-hydrogen) atoms. The van der Waals surface area contributed by atoms with Gasteiger partial charge in [-0.05, 0) is 31.7 Å². The Hall–Kier alpha value is -0.0800. The second-order valence-corrected chi connectivity index (χ2v) is 4.45. The van der Waals surface area contributed by atoms with Gasteiger partial charge in [0.15, 0.2) is 0 Å². The molecule has 0 aromatic rings. The number of hydrogen-bond acceptors (Lipinski definition) is 2. The van der Waals surface area contributed by atoms with Crippen LogP contribution in [-0.4, -0.2) is 26.8 Å². The van der Waals surface area contributed by atoms with E-state index in [1.807, 2.05) is 7.05 Å². The normalized spacial score (nSPS) is 15.4. The lowest BCUT2D eigenvalue weighted by Crippen LogP contribution is -2.31. The molecule has 0 bridgehead atoms. The first-order valence-electron chi connectivity index (χ1n) is 5.91. The molecule has 2 nitrogen and oxygen atoms in total. The molecule has 0 aromatic carbocycles. The van der Waals surface area contributed by atoms with E-state index in [1.165, 1.54) is 19.3 Å². The molecule has 2 heteroatoms. The molecular formula is C12H27NO. The van der Waals surface area contributed by atoms with Crippen molar-refractivity contribution in [3.63, 3.8) is 0 Å². The third-order valence-corrected chi connectivity index (χ3v) is 2.66. The molecule has 86 valence electrons. The summed E-state index contributed by atoms with van der Waals surface area (Å²) < 4.78 is 5.54. The SMILES string of the molecule is CCCOCCC(C)(CCC)CNC. The maximum Gasteiger partial charge on any atom is 0.0471 e. The van der Waals surface area contributed by atoms with Crippen LogP contribution in [0.5, 0.6) is 0 Å². The van der Waals surface area contributed by atoms with Gasteiger partial charge in [-0.2, -0.15) is 0 Å². The van der Waals surface area contributed by atoms with Crippen LogP contribution < -0.4 is 5.32 Å². The Bertz CT molecular complexity index is 119. The molecule has 0 spiro atoms. The standard InChI is InChI=1S/C12H27NO/c1-5-7-12(3,11-13-4)8-10-14-9-6-2/h13H,5-11H2,1-4H3. The summed E-state index contributed by atoms with van der Waals surface area (Å²) >= 11 is 0. The molecule has 0 radical (unpaired) electrons. The van der Waals surface area contributed by atoms with Crippen molar-refractivity contribution in [1.29, 1.82) is 0 Å². The smallest absolute Gasteiger partial charge is 0.0471 e. The maximum atomic E-state index is 5.54. The second-order valence-electron chi connectivity index (χ2n) is 4.45.